The van der Waals surface area contributed by atoms with Crippen molar-refractivity contribution in [2.45, 2.75) is 200 Å². The van der Waals surface area contributed by atoms with Crippen LogP contribution >= 0.6 is 0 Å². The predicted molar refractivity (Wildman–Crippen MR) is 230 cm³/mol. The van der Waals surface area contributed by atoms with E-state index in [1.54, 1.807) is 0 Å². The van der Waals surface area contributed by atoms with Gasteiger partial charge in [0.05, 0.1) is 36.6 Å². The van der Waals surface area contributed by atoms with Crippen LogP contribution in [-0.4, -0.2) is 84.7 Å². The van der Waals surface area contributed by atoms with Gasteiger partial charge in [-0.25, -0.2) is 4.79 Å². The van der Waals surface area contributed by atoms with Gasteiger partial charge in [0.15, 0.2) is 36.7 Å². The minimum atomic E-state index is -2.33. The molecule has 2 bridgehead atoms. The molecule has 3 fully saturated rings. The van der Waals surface area contributed by atoms with E-state index in [1.807, 2.05) is 37.3 Å². The molecule has 1 aromatic rings. The van der Waals surface area contributed by atoms with Crippen molar-refractivity contribution in [2.24, 2.45) is 16.7 Å². The van der Waals surface area contributed by atoms with Crippen molar-refractivity contribution in [3.8, 4) is 0 Å². The Hall–Kier alpha value is -1.36. The van der Waals surface area contributed by atoms with Gasteiger partial charge in [0.25, 0.3) is 0 Å². The number of aliphatic hydroxyl groups is 1. The molecule has 0 radical (unpaired) electrons. The minimum absolute atomic E-state index is 0.0440. The highest BCUT2D eigenvalue weighted by Gasteiger charge is 2.75. The van der Waals surface area contributed by atoms with Crippen molar-refractivity contribution < 1.29 is 42.1 Å². The lowest BCUT2D eigenvalue weighted by atomic mass is 9.46. The van der Waals surface area contributed by atoms with Crippen molar-refractivity contribution in [1.29, 1.82) is 0 Å². The van der Waals surface area contributed by atoms with E-state index in [-0.39, 0.29) is 24.0 Å². The van der Waals surface area contributed by atoms with Gasteiger partial charge in [-0.05, 0) is 92.9 Å². The van der Waals surface area contributed by atoms with E-state index in [9.17, 15) is 9.90 Å². The monoisotopic (exact) mass is 832 g/mol. The maximum absolute atomic E-state index is 14.0. The standard InChI is InChI=1S/C44H76O9Si3/c1-17-56(18-2,19-3)52-33-26-42(10)34(48-29-47-28-31-23-21-20-22-24-31)25-35(53-54(12,13)14)43(11,46)37(42)38-44(50-39(45)49-38)27-32(30(4)36(33)41(44,8)9)51-55(15,16)40(5,6)7/h20-24,32-35,37-38,46H,17-19,25-29H2,1-16H3/t32-,33+,34-,35-,37-,38-,42+,43+,44+/m0/s1. The van der Waals surface area contributed by atoms with Gasteiger partial charge in [0.2, 0.25) is 0 Å². The average Bonchev–Trinajstić information content (AvgIpc) is 3.41. The highest BCUT2D eigenvalue weighted by Crippen LogP contribution is 2.66. The number of ether oxygens (including phenoxy) is 4. The molecule has 1 heterocycles. The fraction of sp³-hybridized carbons (Fsp3) is 0.795. The Labute approximate surface area is 342 Å². The van der Waals surface area contributed by atoms with Crippen LogP contribution < -0.4 is 0 Å². The first kappa shape index (κ1) is 45.7. The molecule has 9 nitrogen and oxygen atoms in total. The molecule has 9 atom stereocenters. The Bertz CT molecular complexity index is 1570. The number of hydrogen-bond acceptors (Lipinski definition) is 9. The Morgan fingerprint density at radius 3 is 2.02 bits per heavy atom. The molecule has 1 aromatic carbocycles. The molecule has 1 saturated heterocycles. The largest absolute Gasteiger partial charge is 0.509 e. The molecule has 3 aliphatic carbocycles. The summed E-state index contributed by atoms with van der Waals surface area (Å²) in [5, 5.41) is 13.2. The van der Waals surface area contributed by atoms with Crippen LogP contribution in [0.4, 0.5) is 4.79 Å². The molecular weight excluding hydrogens is 757 g/mol. The van der Waals surface area contributed by atoms with E-state index in [1.165, 1.54) is 0 Å². The molecule has 1 aliphatic heterocycles. The van der Waals surface area contributed by atoms with Gasteiger partial charge in [-0.15, -0.1) is 0 Å². The first-order valence-electron chi connectivity index (χ1n) is 21.3. The summed E-state index contributed by atoms with van der Waals surface area (Å²) in [7, 11) is -6.78. The van der Waals surface area contributed by atoms with Crippen LogP contribution in [0.5, 0.6) is 0 Å². The zero-order valence-corrected chi connectivity index (χ0v) is 40.7. The number of fused-ring (bicyclic) bond motifs is 3. The quantitative estimate of drug-likeness (QED) is 0.0645. The minimum Gasteiger partial charge on any atom is -0.426 e. The second-order valence-electron chi connectivity index (χ2n) is 20.9. The van der Waals surface area contributed by atoms with Gasteiger partial charge in [-0.1, -0.05) is 92.6 Å². The smallest absolute Gasteiger partial charge is 0.426 e. The fourth-order valence-electron chi connectivity index (χ4n) is 10.6. The SMILES string of the molecule is CC[Si](CC)(CC)O[C@@H]1C[C@]2(C)[C@@H](OCOCc3ccccc3)C[C@H](O[Si](C)(C)C)[C@@](C)(O)[C@H]2[C@@H]2OC(=O)O[C@]23C[C@H](O[Si](C)(C)C(C)(C)C)C(C)=C1C3(C)C. The van der Waals surface area contributed by atoms with Gasteiger partial charge in [0.1, 0.15) is 6.79 Å². The van der Waals surface area contributed by atoms with Gasteiger partial charge in [0, 0.05) is 29.6 Å². The molecular formula is C44H76O9Si3. The van der Waals surface area contributed by atoms with Gasteiger partial charge < -0.3 is 37.3 Å². The van der Waals surface area contributed by atoms with Gasteiger partial charge in [-0.2, -0.15) is 0 Å². The van der Waals surface area contributed by atoms with Crippen molar-refractivity contribution in [3.05, 3.63) is 47.0 Å². The Balaban J connectivity index is 1.75. The van der Waals surface area contributed by atoms with E-state index >= 15 is 0 Å². The summed E-state index contributed by atoms with van der Waals surface area (Å²) < 4.78 is 48.4. The van der Waals surface area contributed by atoms with Gasteiger partial charge in [-0.3, -0.25) is 0 Å². The van der Waals surface area contributed by atoms with Crippen LogP contribution in [0.15, 0.2) is 41.5 Å². The topological polar surface area (TPSA) is 102 Å². The summed E-state index contributed by atoms with van der Waals surface area (Å²) in [5.74, 6) is -0.643. The average molecular weight is 833 g/mol. The Kier molecular flexibility index (Phi) is 13.0. The van der Waals surface area contributed by atoms with Crippen LogP contribution in [0.25, 0.3) is 0 Å². The van der Waals surface area contributed by atoms with Crippen molar-refractivity contribution in [3.63, 3.8) is 0 Å². The molecule has 1 spiro atoms. The maximum atomic E-state index is 14.0. The van der Waals surface area contributed by atoms with Crippen LogP contribution in [0, 0.1) is 16.7 Å². The molecule has 2 saturated carbocycles. The highest BCUT2D eigenvalue weighted by atomic mass is 28.4. The molecule has 1 N–H and O–H groups in total. The van der Waals surface area contributed by atoms with Crippen LogP contribution in [-0.2, 0) is 38.8 Å². The Morgan fingerprint density at radius 1 is 0.857 bits per heavy atom. The molecule has 12 heteroatoms. The number of benzene rings is 1. The Morgan fingerprint density at radius 2 is 1.46 bits per heavy atom. The van der Waals surface area contributed by atoms with Crippen molar-refractivity contribution in [1.82, 2.24) is 0 Å². The fourth-order valence-corrected chi connectivity index (χ4v) is 15.9. The lowest BCUT2D eigenvalue weighted by Crippen LogP contribution is -2.74. The number of carbonyl (C=O) groups is 1. The lowest BCUT2D eigenvalue weighted by Gasteiger charge is -2.65. The van der Waals surface area contributed by atoms with E-state index in [0.29, 0.717) is 25.9 Å². The number of carbonyl (C=O) groups excluding carboxylic acids is 1. The predicted octanol–water partition coefficient (Wildman–Crippen LogP) is 10.7. The van der Waals surface area contributed by atoms with Crippen LogP contribution in [0.1, 0.15) is 101 Å². The van der Waals surface area contributed by atoms with E-state index in [0.717, 1.165) is 34.8 Å². The first-order chi connectivity index (χ1) is 25.7. The zero-order chi connectivity index (χ0) is 41.9. The van der Waals surface area contributed by atoms with E-state index in [4.69, 9.17) is 32.2 Å². The third-order valence-corrected chi connectivity index (χ3v) is 25.1. The number of hydrogen-bond donors (Lipinski definition) is 1. The molecule has 0 aromatic heterocycles. The van der Waals surface area contributed by atoms with Gasteiger partial charge >= 0.3 is 6.16 Å². The molecule has 56 heavy (non-hydrogen) atoms. The normalized spacial score (nSPS) is 34.9. The molecule has 4 aliphatic rings. The summed E-state index contributed by atoms with van der Waals surface area (Å²) in [6.45, 7) is 35.8. The van der Waals surface area contributed by atoms with E-state index < -0.39 is 77.4 Å². The second kappa shape index (κ2) is 15.9. The molecule has 0 unspecified atom stereocenters. The highest BCUT2D eigenvalue weighted by molar-refractivity contribution is 6.74. The lowest BCUT2D eigenvalue weighted by molar-refractivity contribution is -0.273. The molecule has 0 amide bonds. The van der Waals surface area contributed by atoms with Crippen LogP contribution in [0.2, 0.25) is 55.9 Å². The summed E-state index contributed by atoms with van der Waals surface area (Å²) >= 11 is 0. The van der Waals surface area contributed by atoms with Crippen LogP contribution in [0.3, 0.4) is 0 Å². The molecule has 5 rings (SSSR count). The first-order valence-corrected chi connectivity index (χ1v) is 30.2. The number of rotatable bonds is 14. The third kappa shape index (κ3) is 8.23. The summed E-state index contributed by atoms with van der Waals surface area (Å²) in [6.07, 6.45) is -1.78. The maximum Gasteiger partial charge on any atom is 0.509 e. The van der Waals surface area contributed by atoms with Crippen molar-refractivity contribution >= 4 is 31.1 Å². The molecule has 318 valence electrons. The second-order valence-corrected chi connectivity index (χ2v) is 34.8. The third-order valence-electron chi connectivity index (χ3n) is 15.0. The summed E-state index contributed by atoms with van der Waals surface area (Å²) in [4.78, 5) is 14.0. The summed E-state index contributed by atoms with van der Waals surface area (Å²) in [5.41, 5.74) is -0.717. The summed E-state index contributed by atoms with van der Waals surface area (Å²) in [6, 6.07) is 13.0. The van der Waals surface area contributed by atoms with Crippen molar-refractivity contribution in [2.75, 3.05) is 6.79 Å². The zero-order valence-electron chi connectivity index (χ0n) is 37.7. The van der Waals surface area contributed by atoms with E-state index in [2.05, 4.69) is 102 Å².